The second kappa shape index (κ2) is 5.74. The SMILES string of the molecule is Cc1cccc(NCc2cc3ccccc3[nH]c2=O)c1Br. The van der Waals surface area contributed by atoms with Gasteiger partial charge in [0.1, 0.15) is 0 Å². The lowest BCUT2D eigenvalue weighted by Crippen LogP contribution is -2.15. The number of halogens is 1. The number of anilines is 1. The van der Waals surface area contributed by atoms with Crippen LogP contribution in [-0.2, 0) is 6.54 Å². The van der Waals surface area contributed by atoms with E-state index in [0.717, 1.165) is 32.2 Å². The van der Waals surface area contributed by atoms with Crippen LogP contribution in [0.2, 0.25) is 0 Å². The third kappa shape index (κ3) is 2.85. The fourth-order valence-electron chi connectivity index (χ4n) is 2.30. The predicted octanol–water partition coefficient (Wildman–Crippen LogP) is 4.21. The first-order valence-electron chi connectivity index (χ1n) is 6.75. The highest BCUT2D eigenvalue weighted by atomic mass is 79.9. The summed E-state index contributed by atoms with van der Waals surface area (Å²) >= 11 is 3.56. The number of aromatic amines is 1. The molecule has 0 radical (unpaired) electrons. The average Bonchev–Trinajstić information content (AvgIpc) is 2.49. The largest absolute Gasteiger partial charge is 0.380 e. The fourth-order valence-corrected chi connectivity index (χ4v) is 2.70. The van der Waals surface area contributed by atoms with E-state index in [1.807, 2.05) is 55.5 Å². The molecule has 1 aromatic heterocycles. The molecular weight excluding hydrogens is 328 g/mol. The van der Waals surface area contributed by atoms with Gasteiger partial charge in [-0.05, 0) is 52.0 Å². The number of fused-ring (bicyclic) bond motifs is 1. The first kappa shape index (κ1) is 13.9. The van der Waals surface area contributed by atoms with Crippen molar-refractivity contribution >= 4 is 32.5 Å². The number of para-hydroxylation sites is 1. The molecule has 0 spiro atoms. The summed E-state index contributed by atoms with van der Waals surface area (Å²) in [7, 11) is 0. The second-order valence-electron chi connectivity index (χ2n) is 5.00. The molecule has 0 bridgehead atoms. The van der Waals surface area contributed by atoms with Crippen molar-refractivity contribution in [2.45, 2.75) is 13.5 Å². The molecule has 1 heterocycles. The topological polar surface area (TPSA) is 44.9 Å². The molecule has 0 aliphatic carbocycles. The maximum absolute atomic E-state index is 12.1. The van der Waals surface area contributed by atoms with Gasteiger partial charge < -0.3 is 10.3 Å². The molecule has 4 heteroatoms. The lowest BCUT2D eigenvalue weighted by Gasteiger charge is -2.10. The number of hydrogen-bond donors (Lipinski definition) is 2. The van der Waals surface area contributed by atoms with Gasteiger partial charge in [-0.15, -0.1) is 0 Å². The Kier molecular flexibility index (Phi) is 3.80. The molecule has 0 aliphatic rings. The fraction of sp³-hybridized carbons (Fsp3) is 0.118. The highest BCUT2D eigenvalue weighted by molar-refractivity contribution is 9.10. The molecule has 0 fully saturated rings. The number of hydrogen-bond acceptors (Lipinski definition) is 2. The molecule has 0 atom stereocenters. The van der Waals surface area contributed by atoms with Gasteiger partial charge in [-0.1, -0.05) is 30.3 Å². The lowest BCUT2D eigenvalue weighted by molar-refractivity contribution is 1.09. The van der Waals surface area contributed by atoms with Crippen molar-refractivity contribution in [3.05, 3.63) is 74.5 Å². The minimum absolute atomic E-state index is 0.0509. The van der Waals surface area contributed by atoms with Crippen molar-refractivity contribution in [1.29, 1.82) is 0 Å². The van der Waals surface area contributed by atoms with Gasteiger partial charge in [0.25, 0.3) is 5.56 Å². The van der Waals surface area contributed by atoms with Crippen LogP contribution in [0.3, 0.4) is 0 Å². The Morgan fingerprint density at radius 2 is 1.95 bits per heavy atom. The van der Waals surface area contributed by atoms with Gasteiger partial charge in [0, 0.05) is 27.8 Å². The molecule has 3 rings (SSSR count). The minimum Gasteiger partial charge on any atom is -0.380 e. The molecule has 2 N–H and O–H groups in total. The third-order valence-electron chi connectivity index (χ3n) is 3.49. The Hall–Kier alpha value is -2.07. The number of pyridine rings is 1. The third-order valence-corrected chi connectivity index (χ3v) is 4.54. The van der Waals surface area contributed by atoms with Crippen LogP contribution in [0, 0.1) is 6.92 Å². The summed E-state index contributed by atoms with van der Waals surface area (Å²) in [6.45, 7) is 2.53. The molecule has 2 aromatic carbocycles. The van der Waals surface area contributed by atoms with Crippen molar-refractivity contribution < 1.29 is 0 Å². The zero-order valence-corrected chi connectivity index (χ0v) is 13.2. The van der Waals surface area contributed by atoms with E-state index in [1.54, 1.807) is 0 Å². The molecule has 0 unspecified atom stereocenters. The van der Waals surface area contributed by atoms with Gasteiger partial charge in [0.15, 0.2) is 0 Å². The minimum atomic E-state index is -0.0509. The van der Waals surface area contributed by atoms with E-state index in [4.69, 9.17) is 0 Å². The van der Waals surface area contributed by atoms with E-state index in [0.29, 0.717) is 6.54 Å². The van der Waals surface area contributed by atoms with Crippen molar-refractivity contribution in [2.75, 3.05) is 5.32 Å². The maximum atomic E-state index is 12.1. The van der Waals surface area contributed by atoms with Gasteiger partial charge in [-0.2, -0.15) is 0 Å². The zero-order valence-electron chi connectivity index (χ0n) is 11.6. The zero-order chi connectivity index (χ0) is 14.8. The molecule has 0 aliphatic heterocycles. The molecule has 0 saturated heterocycles. The van der Waals surface area contributed by atoms with Crippen molar-refractivity contribution in [3.8, 4) is 0 Å². The summed E-state index contributed by atoms with van der Waals surface area (Å²) in [6, 6.07) is 15.7. The molecule has 106 valence electrons. The molecule has 3 aromatic rings. The number of aromatic nitrogens is 1. The van der Waals surface area contributed by atoms with Crippen LogP contribution in [0.1, 0.15) is 11.1 Å². The van der Waals surface area contributed by atoms with Crippen LogP contribution in [0.25, 0.3) is 10.9 Å². The Bertz CT molecular complexity index is 855. The Labute approximate surface area is 131 Å². The van der Waals surface area contributed by atoms with E-state index >= 15 is 0 Å². The van der Waals surface area contributed by atoms with Gasteiger partial charge >= 0.3 is 0 Å². The number of rotatable bonds is 3. The summed E-state index contributed by atoms with van der Waals surface area (Å²) < 4.78 is 1.03. The van der Waals surface area contributed by atoms with Gasteiger partial charge in [-0.3, -0.25) is 4.79 Å². The number of nitrogens with one attached hydrogen (secondary N) is 2. The number of H-pyrrole nitrogens is 1. The Balaban J connectivity index is 1.90. The normalized spacial score (nSPS) is 10.8. The van der Waals surface area contributed by atoms with Crippen molar-refractivity contribution in [1.82, 2.24) is 4.98 Å². The number of aryl methyl sites for hydroxylation is 1. The van der Waals surface area contributed by atoms with Gasteiger partial charge in [0.05, 0.1) is 0 Å². The summed E-state index contributed by atoms with van der Waals surface area (Å²) in [4.78, 5) is 15.0. The van der Waals surface area contributed by atoms with Crippen LogP contribution < -0.4 is 10.9 Å². The van der Waals surface area contributed by atoms with E-state index in [2.05, 4.69) is 26.2 Å². The van der Waals surface area contributed by atoms with E-state index in [-0.39, 0.29) is 5.56 Å². The van der Waals surface area contributed by atoms with Crippen molar-refractivity contribution in [3.63, 3.8) is 0 Å². The molecular formula is C17H15BrN2O. The quantitative estimate of drug-likeness (QED) is 0.748. The highest BCUT2D eigenvalue weighted by Gasteiger charge is 2.05. The summed E-state index contributed by atoms with van der Waals surface area (Å²) in [5.74, 6) is 0. The molecule has 0 saturated carbocycles. The smallest absolute Gasteiger partial charge is 0.253 e. The summed E-state index contributed by atoms with van der Waals surface area (Å²) in [5, 5.41) is 4.35. The molecule has 0 amide bonds. The first-order chi connectivity index (χ1) is 10.1. The van der Waals surface area contributed by atoms with Gasteiger partial charge in [0.2, 0.25) is 0 Å². The maximum Gasteiger partial charge on any atom is 0.253 e. The monoisotopic (exact) mass is 342 g/mol. The summed E-state index contributed by atoms with van der Waals surface area (Å²) in [5.41, 5.74) is 3.69. The summed E-state index contributed by atoms with van der Waals surface area (Å²) in [6.07, 6.45) is 0. The second-order valence-corrected chi connectivity index (χ2v) is 5.79. The lowest BCUT2D eigenvalue weighted by atomic mass is 10.1. The average molecular weight is 343 g/mol. The predicted molar refractivity (Wildman–Crippen MR) is 90.8 cm³/mol. The highest BCUT2D eigenvalue weighted by Crippen LogP contribution is 2.26. The van der Waals surface area contributed by atoms with E-state index < -0.39 is 0 Å². The van der Waals surface area contributed by atoms with Crippen LogP contribution >= 0.6 is 15.9 Å². The Morgan fingerprint density at radius 3 is 2.81 bits per heavy atom. The Morgan fingerprint density at radius 1 is 1.14 bits per heavy atom. The molecule has 21 heavy (non-hydrogen) atoms. The van der Waals surface area contributed by atoms with Crippen molar-refractivity contribution in [2.24, 2.45) is 0 Å². The van der Waals surface area contributed by atoms with E-state index in [9.17, 15) is 4.79 Å². The first-order valence-corrected chi connectivity index (χ1v) is 7.54. The van der Waals surface area contributed by atoms with Crippen LogP contribution in [0.4, 0.5) is 5.69 Å². The van der Waals surface area contributed by atoms with Crippen LogP contribution in [0.5, 0.6) is 0 Å². The molecule has 3 nitrogen and oxygen atoms in total. The van der Waals surface area contributed by atoms with Gasteiger partial charge in [-0.25, -0.2) is 0 Å². The van der Waals surface area contributed by atoms with Crippen LogP contribution in [0.15, 0.2) is 57.8 Å². The van der Waals surface area contributed by atoms with E-state index in [1.165, 1.54) is 0 Å². The van der Waals surface area contributed by atoms with Crippen LogP contribution in [-0.4, -0.2) is 4.98 Å². The number of benzene rings is 2. The standard InChI is InChI=1S/C17H15BrN2O/c1-11-5-4-8-15(16(11)18)19-10-13-9-12-6-2-3-7-14(12)20-17(13)21/h2-9,19H,10H2,1H3,(H,20,21).